The van der Waals surface area contributed by atoms with Crippen LogP contribution in [0.3, 0.4) is 0 Å². The molecule has 50 heavy (non-hydrogen) atoms. The van der Waals surface area contributed by atoms with Crippen LogP contribution in [0.15, 0.2) is 103 Å². The topological polar surface area (TPSA) is 46.2 Å². The van der Waals surface area contributed by atoms with Crippen LogP contribution < -0.4 is 16.4 Å². The second kappa shape index (κ2) is 12.9. The number of hydrogen-bond acceptors (Lipinski definition) is 5. The van der Waals surface area contributed by atoms with E-state index in [1.54, 1.807) is 28.8 Å². The average molecular weight is 659 g/mol. The monoisotopic (exact) mass is 659 g/mol. The Morgan fingerprint density at radius 2 is 1.00 bits per heavy atom. The van der Waals surface area contributed by atoms with Crippen LogP contribution in [0.2, 0.25) is 0 Å². The summed E-state index contributed by atoms with van der Waals surface area (Å²) in [5.74, 6) is 0. The second-order valence-corrected chi connectivity index (χ2v) is 14.0. The van der Waals surface area contributed by atoms with Gasteiger partial charge in [-0.3, -0.25) is 0 Å². The maximum atomic E-state index is 6.32. The van der Waals surface area contributed by atoms with Crippen molar-refractivity contribution < 1.29 is 23.3 Å². The van der Waals surface area contributed by atoms with E-state index in [2.05, 4.69) is 131 Å². The fourth-order valence-corrected chi connectivity index (χ4v) is 7.57. The van der Waals surface area contributed by atoms with Gasteiger partial charge in [0.1, 0.15) is 0 Å². The van der Waals surface area contributed by atoms with Crippen molar-refractivity contribution in [2.45, 2.75) is 46.3 Å². The standard InChI is InChI=1S/C22H21BO2.C19H17B2O3.CH4/c1-21(2)22(3,4)25-23(24-21)18-13-11-16-9-8-14-6-5-7-15-10-12-17(18)20(16)19(14)15;1-22-20-16-10-6-12-5-9-15-17(21(23-2)24-3)11-7-13-4-8-14(16)18(12)19(13)15;/h5-13H,1-4H3;4-11H,1-3H3;1H4. The highest BCUT2D eigenvalue weighted by atomic mass is 16.7. The van der Waals surface area contributed by atoms with E-state index < -0.39 is 0 Å². The minimum atomic E-state index is -0.375. The molecule has 0 saturated carbocycles. The molecule has 0 bridgehead atoms. The molecule has 8 aromatic carbocycles. The lowest BCUT2D eigenvalue weighted by Crippen LogP contribution is -2.41. The maximum Gasteiger partial charge on any atom is 0.495 e. The first kappa shape index (κ1) is 34.3. The smallest absolute Gasteiger partial charge is 0.437 e. The quantitative estimate of drug-likeness (QED) is 0.134. The second-order valence-electron chi connectivity index (χ2n) is 14.0. The molecule has 1 aliphatic heterocycles. The summed E-state index contributed by atoms with van der Waals surface area (Å²) in [6.07, 6.45) is 0. The Balaban J connectivity index is 0.000000154. The Labute approximate surface area is 296 Å². The van der Waals surface area contributed by atoms with Crippen LogP contribution in [0.4, 0.5) is 0 Å². The predicted molar refractivity (Wildman–Crippen MR) is 215 cm³/mol. The largest absolute Gasteiger partial charge is 0.495 e. The van der Waals surface area contributed by atoms with Gasteiger partial charge in [0.15, 0.2) is 0 Å². The van der Waals surface area contributed by atoms with Gasteiger partial charge in [0, 0.05) is 21.3 Å². The van der Waals surface area contributed by atoms with Crippen molar-refractivity contribution in [3.8, 4) is 0 Å². The molecule has 249 valence electrons. The molecule has 0 atom stereocenters. The Morgan fingerprint density at radius 3 is 1.60 bits per heavy atom. The molecule has 0 unspecified atom stereocenters. The van der Waals surface area contributed by atoms with E-state index >= 15 is 0 Å². The molecule has 0 aromatic heterocycles. The summed E-state index contributed by atoms with van der Waals surface area (Å²) >= 11 is 0. The summed E-state index contributed by atoms with van der Waals surface area (Å²) < 4.78 is 28.9. The van der Waals surface area contributed by atoms with Crippen LogP contribution in [-0.2, 0) is 23.3 Å². The first-order chi connectivity index (χ1) is 23.7. The van der Waals surface area contributed by atoms with E-state index in [4.69, 9.17) is 23.3 Å². The lowest BCUT2D eigenvalue weighted by atomic mass is 9.73. The molecule has 8 heteroatoms. The van der Waals surface area contributed by atoms with E-state index in [-0.39, 0.29) is 32.9 Å². The summed E-state index contributed by atoms with van der Waals surface area (Å²) in [4.78, 5) is 0. The minimum Gasteiger partial charge on any atom is -0.437 e. The van der Waals surface area contributed by atoms with Crippen LogP contribution in [0.1, 0.15) is 35.1 Å². The zero-order chi connectivity index (χ0) is 34.1. The molecule has 1 fully saturated rings. The third-order valence-corrected chi connectivity index (χ3v) is 10.7. The summed E-state index contributed by atoms with van der Waals surface area (Å²) in [6, 6.07) is 36.8. The lowest BCUT2D eigenvalue weighted by molar-refractivity contribution is 0.00578. The molecule has 1 heterocycles. The van der Waals surface area contributed by atoms with Gasteiger partial charge in [-0.1, -0.05) is 111 Å². The minimum absolute atomic E-state index is 0. The highest BCUT2D eigenvalue weighted by Crippen LogP contribution is 2.39. The molecule has 1 aliphatic rings. The number of hydrogen-bond donors (Lipinski definition) is 0. The van der Waals surface area contributed by atoms with Gasteiger partial charge in [-0.15, -0.1) is 0 Å². The van der Waals surface area contributed by atoms with Gasteiger partial charge in [-0.05, 0) is 109 Å². The van der Waals surface area contributed by atoms with Gasteiger partial charge in [-0.2, -0.15) is 0 Å². The van der Waals surface area contributed by atoms with Crippen molar-refractivity contribution in [2.24, 2.45) is 0 Å². The summed E-state index contributed by atoms with van der Waals surface area (Å²) in [7, 11) is 6.09. The van der Waals surface area contributed by atoms with Crippen LogP contribution in [0.5, 0.6) is 0 Å². The van der Waals surface area contributed by atoms with Crippen LogP contribution in [0, 0.1) is 0 Å². The van der Waals surface area contributed by atoms with Gasteiger partial charge in [-0.25, -0.2) is 0 Å². The van der Waals surface area contributed by atoms with Gasteiger partial charge in [0.2, 0.25) is 0 Å². The molecule has 0 amide bonds. The van der Waals surface area contributed by atoms with Crippen molar-refractivity contribution in [2.75, 3.05) is 21.3 Å². The Kier molecular flexibility index (Phi) is 8.82. The van der Waals surface area contributed by atoms with Crippen molar-refractivity contribution in [1.29, 1.82) is 0 Å². The van der Waals surface area contributed by atoms with Gasteiger partial charge in [0.25, 0.3) is 0 Å². The van der Waals surface area contributed by atoms with Crippen molar-refractivity contribution in [3.63, 3.8) is 0 Å². The molecule has 5 nitrogen and oxygen atoms in total. The van der Waals surface area contributed by atoms with E-state index in [1.807, 2.05) is 0 Å². The Bertz CT molecular complexity index is 2440. The highest BCUT2D eigenvalue weighted by molar-refractivity contribution is 6.66. The van der Waals surface area contributed by atoms with E-state index in [9.17, 15) is 0 Å². The molecule has 9 rings (SSSR count). The normalized spacial score (nSPS) is 15.3. The molecular weight excluding hydrogens is 617 g/mol. The summed E-state index contributed by atoms with van der Waals surface area (Å²) in [5, 5.41) is 15.0. The van der Waals surface area contributed by atoms with Crippen LogP contribution in [-0.4, -0.2) is 54.3 Å². The van der Waals surface area contributed by atoms with Crippen molar-refractivity contribution in [1.82, 2.24) is 0 Å². The fourth-order valence-electron chi connectivity index (χ4n) is 7.57. The van der Waals surface area contributed by atoms with Gasteiger partial charge < -0.3 is 23.3 Å². The third-order valence-electron chi connectivity index (χ3n) is 10.7. The number of rotatable bonds is 6. The van der Waals surface area contributed by atoms with Crippen LogP contribution >= 0.6 is 0 Å². The molecule has 0 N–H and O–H groups in total. The van der Waals surface area contributed by atoms with E-state index in [0.717, 1.165) is 21.8 Å². The van der Waals surface area contributed by atoms with Crippen LogP contribution in [0.25, 0.3) is 64.6 Å². The van der Waals surface area contributed by atoms with Gasteiger partial charge >= 0.3 is 21.7 Å². The zero-order valence-corrected chi connectivity index (χ0v) is 29.1. The summed E-state index contributed by atoms with van der Waals surface area (Å²) in [6.45, 7) is 8.40. The third kappa shape index (κ3) is 5.33. The zero-order valence-electron chi connectivity index (χ0n) is 29.1. The van der Waals surface area contributed by atoms with Crippen molar-refractivity contribution >= 4 is 103 Å². The van der Waals surface area contributed by atoms with E-state index in [1.165, 1.54) is 59.2 Å². The Morgan fingerprint density at radius 1 is 0.540 bits per heavy atom. The Hall–Kier alpha value is -4.17. The average Bonchev–Trinajstić information content (AvgIpc) is 3.33. The van der Waals surface area contributed by atoms with Gasteiger partial charge in [0.05, 0.1) is 11.2 Å². The molecule has 8 aromatic rings. The first-order valence-corrected chi connectivity index (χ1v) is 16.8. The SMILES string of the molecule is C.CC1(C)OB(c2ccc3ccc4cccc5ccc2c3c45)OC1(C)C.CO[B]c1ccc2ccc3c(B(OC)OC)ccc4ccc1c2c43. The number of benzene rings is 8. The fraction of sp³-hybridized carbons (Fsp3) is 0.238. The van der Waals surface area contributed by atoms with E-state index in [0.29, 0.717) is 0 Å². The predicted octanol–water partition coefficient (Wildman–Crippen LogP) is 7.98. The lowest BCUT2D eigenvalue weighted by Gasteiger charge is -2.32. The summed E-state index contributed by atoms with van der Waals surface area (Å²) in [5.41, 5.74) is 2.58. The molecule has 0 spiro atoms. The molecule has 0 aliphatic carbocycles. The molecule has 1 radical (unpaired) electrons. The first-order valence-electron chi connectivity index (χ1n) is 16.8. The highest BCUT2D eigenvalue weighted by Gasteiger charge is 2.52. The maximum absolute atomic E-state index is 6.32. The molecule has 1 saturated heterocycles. The van der Waals surface area contributed by atoms with Crippen molar-refractivity contribution in [3.05, 3.63) is 103 Å². The molecular formula is C42H42B3O5.